The van der Waals surface area contributed by atoms with E-state index in [2.05, 4.69) is 76.1 Å². The monoisotopic (exact) mass is 418 g/mol. The van der Waals surface area contributed by atoms with Crippen molar-refractivity contribution < 1.29 is 9.84 Å². The highest BCUT2D eigenvalue weighted by Crippen LogP contribution is 2.42. The molecule has 0 bridgehead atoms. The number of phenolic OH excluding ortho intramolecular Hbond substituents is 1. The number of nitrogens with one attached hydrogen (secondary N) is 1. The number of rotatable bonds is 5. The van der Waals surface area contributed by atoms with Crippen LogP contribution >= 0.6 is 0 Å². The number of hydrogen-bond acceptors (Lipinski definition) is 4. The lowest BCUT2D eigenvalue weighted by Crippen LogP contribution is -2.20. The average molecular weight is 419 g/mol. The van der Waals surface area contributed by atoms with Crippen molar-refractivity contribution in [3.05, 3.63) is 83.0 Å². The van der Waals surface area contributed by atoms with Gasteiger partial charge < -0.3 is 15.2 Å². The van der Waals surface area contributed by atoms with Gasteiger partial charge in [-0.05, 0) is 69.5 Å². The molecule has 0 saturated heterocycles. The second kappa shape index (κ2) is 8.62. The fourth-order valence-corrected chi connectivity index (χ4v) is 3.72. The summed E-state index contributed by atoms with van der Waals surface area (Å²) in [5.41, 5.74) is 3.67. The molecule has 4 nitrogen and oxygen atoms in total. The Labute approximate surface area is 186 Å². The van der Waals surface area contributed by atoms with Gasteiger partial charge in [0.1, 0.15) is 17.3 Å². The Morgan fingerprint density at radius 3 is 1.87 bits per heavy atom. The summed E-state index contributed by atoms with van der Waals surface area (Å²) in [5, 5.41) is 14.7. The fourth-order valence-electron chi connectivity index (χ4n) is 3.72. The molecule has 0 amide bonds. The molecule has 3 aromatic rings. The van der Waals surface area contributed by atoms with E-state index in [1.54, 1.807) is 13.3 Å². The van der Waals surface area contributed by atoms with Gasteiger partial charge in [-0.1, -0.05) is 59.7 Å². The van der Waals surface area contributed by atoms with Crippen LogP contribution in [0.15, 0.2) is 60.8 Å². The number of aromatic hydroxyl groups is 1. The zero-order valence-corrected chi connectivity index (χ0v) is 19.7. The summed E-state index contributed by atoms with van der Waals surface area (Å²) >= 11 is 0. The number of benzene rings is 2. The molecular weight excluding hydrogens is 384 g/mol. The van der Waals surface area contributed by atoms with Gasteiger partial charge in [0.2, 0.25) is 0 Å². The highest BCUT2D eigenvalue weighted by Gasteiger charge is 2.28. The Bertz CT molecular complexity index is 979. The molecule has 0 aliphatic heterocycles. The molecule has 0 aliphatic rings. The molecule has 164 valence electrons. The molecule has 0 spiro atoms. The average Bonchev–Trinajstić information content (AvgIpc) is 2.71. The Morgan fingerprint density at radius 1 is 0.839 bits per heavy atom. The first-order chi connectivity index (χ1) is 14.5. The SMILES string of the molecule is COc1ccc(C(Nc2ccccn2)c2cc(C(C)(C)C)c(O)c(C(C)(C)C)c2)cc1. The number of ether oxygens (including phenoxy) is 1. The third-order valence-electron chi connectivity index (χ3n) is 5.49. The molecule has 2 N–H and O–H groups in total. The third kappa shape index (κ3) is 5.19. The van der Waals surface area contributed by atoms with E-state index in [0.717, 1.165) is 33.8 Å². The Morgan fingerprint density at radius 2 is 1.42 bits per heavy atom. The van der Waals surface area contributed by atoms with Crippen LogP contribution in [0.5, 0.6) is 11.5 Å². The summed E-state index contributed by atoms with van der Waals surface area (Å²) in [6, 6.07) is 18.0. The van der Waals surface area contributed by atoms with Gasteiger partial charge in [-0.2, -0.15) is 0 Å². The number of anilines is 1. The molecule has 1 aromatic heterocycles. The lowest BCUT2D eigenvalue weighted by atomic mass is 9.77. The molecule has 1 unspecified atom stereocenters. The van der Waals surface area contributed by atoms with Crippen LogP contribution in [0.4, 0.5) is 5.82 Å². The molecule has 0 saturated carbocycles. The second-order valence-corrected chi connectivity index (χ2v) is 10.0. The predicted octanol–water partition coefficient (Wildman–Crippen LogP) is 6.59. The maximum absolute atomic E-state index is 11.1. The van der Waals surface area contributed by atoms with E-state index < -0.39 is 0 Å². The Kier molecular flexibility index (Phi) is 6.30. The van der Waals surface area contributed by atoms with Gasteiger partial charge in [0.15, 0.2) is 0 Å². The summed E-state index contributed by atoms with van der Waals surface area (Å²) in [7, 11) is 1.67. The number of methoxy groups -OCH3 is 1. The number of hydrogen-bond donors (Lipinski definition) is 2. The normalized spacial score (nSPS) is 13.0. The van der Waals surface area contributed by atoms with Crippen molar-refractivity contribution in [2.75, 3.05) is 12.4 Å². The van der Waals surface area contributed by atoms with Crippen molar-refractivity contribution >= 4 is 5.82 Å². The molecule has 0 fully saturated rings. The highest BCUT2D eigenvalue weighted by atomic mass is 16.5. The largest absolute Gasteiger partial charge is 0.507 e. The highest BCUT2D eigenvalue weighted by molar-refractivity contribution is 5.54. The van der Waals surface area contributed by atoms with Crippen LogP contribution in [0.25, 0.3) is 0 Å². The number of nitrogens with zero attached hydrogens (tertiary/aromatic N) is 1. The maximum atomic E-state index is 11.1. The van der Waals surface area contributed by atoms with Gasteiger partial charge in [0.25, 0.3) is 0 Å². The van der Waals surface area contributed by atoms with Crippen molar-refractivity contribution in [2.45, 2.75) is 58.4 Å². The Balaban J connectivity index is 2.21. The van der Waals surface area contributed by atoms with E-state index in [4.69, 9.17) is 4.74 Å². The van der Waals surface area contributed by atoms with E-state index in [1.165, 1.54) is 0 Å². The van der Waals surface area contributed by atoms with Crippen LogP contribution in [0.2, 0.25) is 0 Å². The summed E-state index contributed by atoms with van der Waals surface area (Å²) in [4.78, 5) is 4.48. The zero-order valence-electron chi connectivity index (χ0n) is 19.7. The van der Waals surface area contributed by atoms with Crippen LogP contribution in [0.3, 0.4) is 0 Å². The summed E-state index contributed by atoms with van der Waals surface area (Å²) < 4.78 is 5.35. The molecule has 0 radical (unpaired) electrons. The summed E-state index contributed by atoms with van der Waals surface area (Å²) in [6.07, 6.45) is 1.78. The van der Waals surface area contributed by atoms with E-state index in [1.807, 2.05) is 30.3 Å². The van der Waals surface area contributed by atoms with E-state index in [-0.39, 0.29) is 16.9 Å². The number of pyridine rings is 1. The predicted molar refractivity (Wildman–Crippen MR) is 128 cm³/mol. The van der Waals surface area contributed by atoms with E-state index >= 15 is 0 Å². The van der Waals surface area contributed by atoms with Gasteiger partial charge >= 0.3 is 0 Å². The second-order valence-electron chi connectivity index (χ2n) is 10.0. The molecule has 31 heavy (non-hydrogen) atoms. The number of aromatic nitrogens is 1. The first-order valence-corrected chi connectivity index (χ1v) is 10.7. The van der Waals surface area contributed by atoms with E-state index in [9.17, 15) is 5.11 Å². The van der Waals surface area contributed by atoms with Gasteiger partial charge in [-0.3, -0.25) is 0 Å². The minimum atomic E-state index is -0.199. The number of phenols is 1. The van der Waals surface area contributed by atoms with Crippen LogP contribution in [-0.2, 0) is 10.8 Å². The van der Waals surface area contributed by atoms with Crippen molar-refractivity contribution in [3.8, 4) is 11.5 Å². The Hall–Kier alpha value is -3.01. The smallest absolute Gasteiger partial charge is 0.126 e. The van der Waals surface area contributed by atoms with E-state index in [0.29, 0.717) is 5.75 Å². The summed E-state index contributed by atoms with van der Waals surface area (Å²) in [6.45, 7) is 12.8. The third-order valence-corrected chi connectivity index (χ3v) is 5.49. The van der Waals surface area contributed by atoms with Crippen LogP contribution < -0.4 is 10.1 Å². The molecule has 1 heterocycles. The molecule has 0 aliphatic carbocycles. The lowest BCUT2D eigenvalue weighted by molar-refractivity contribution is 0.414. The first-order valence-electron chi connectivity index (χ1n) is 10.7. The van der Waals surface area contributed by atoms with Crippen molar-refractivity contribution in [1.82, 2.24) is 4.98 Å². The lowest BCUT2D eigenvalue weighted by Gasteiger charge is -2.30. The molecule has 1 atom stereocenters. The van der Waals surface area contributed by atoms with Crippen LogP contribution in [0.1, 0.15) is 69.8 Å². The zero-order chi connectivity index (χ0) is 22.8. The fraction of sp³-hybridized carbons (Fsp3) is 0.370. The first kappa shape index (κ1) is 22.7. The molecule has 2 aromatic carbocycles. The van der Waals surface area contributed by atoms with Gasteiger partial charge in [0.05, 0.1) is 13.2 Å². The van der Waals surface area contributed by atoms with Gasteiger partial charge in [-0.25, -0.2) is 4.98 Å². The van der Waals surface area contributed by atoms with Gasteiger partial charge in [-0.15, -0.1) is 0 Å². The van der Waals surface area contributed by atoms with Crippen molar-refractivity contribution in [2.24, 2.45) is 0 Å². The van der Waals surface area contributed by atoms with Crippen molar-refractivity contribution in [3.63, 3.8) is 0 Å². The quantitative estimate of drug-likeness (QED) is 0.490. The molecular formula is C27H34N2O2. The molecule has 3 rings (SSSR count). The minimum Gasteiger partial charge on any atom is -0.507 e. The maximum Gasteiger partial charge on any atom is 0.126 e. The van der Waals surface area contributed by atoms with Crippen LogP contribution in [-0.4, -0.2) is 17.2 Å². The van der Waals surface area contributed by atoms with Gasteiger partial charge in [0, 0.05) is 6.20 Å². The van der Waals surface area contributed by atoms with Crippen molar-refractivity contribution in [1.29, 1.82) is 0 Å². The minimum absolute atomic E-state index is 0.136. The van der Waals surface area contributed by atoms with Crippen LogP contribution in [0, 0.1) is 0 Å². The standard InChI is InChI=1S/C27H34N2O2/c1-26(2,3)21-16-19(17-22(25(21)30)27(4,5)6)24(29-23-10-8-9-15-28-23)18-11-13-20(31-7)14-12-18/h8-17,24,30H,1-7H3,(H,28,29). The molecule has 4 heteroatoms. The topological polar surface area (TPSA) is 54.4 Å². The summed E-state index contributed by atoms with van der Waals surface area (Å²) in [5.74, 6) is 2.00.